The molecule has 2 N–H and O–H groups in total. The molecule has 0 saturated heterocycles. The number of aryl methyl sites for hydroxylation is 2. The minimum Gasteiger partial charge on any atom is -0.491 e. The summed E-state index contributed by atoms with van der Waals surface area (Å²) in [7, 11) is 0. The lowest BCUT2D eigenvalue weighted by atomic mass is 9.70. The maximum absolute atomic E-state index is 10.9. The lowest BCUT2D eigenvalue weighted by molar-refractivity contribution is -0.0679. The van der Waals surface area contributed by atoms with Crippen LogP contribution in [0.2, 0.25) is 0 Å². The number of ether oxygens (including phenoxy) is 2. The summed E-state index contributed by atoms with van der Waals surface area (Å²) < 4.78 is 11.5. The van der Waals surface area contributed by atoms with Crippen LogP contribution in [0, 0.1) is 25.7 Å². The van der Waals surface area contributed by atoms with Crippen LogP contribution in [0.15, 0.2) is 36.4 Å². The second-order valence-corrected chi connectivity index (χ2v) is 10.6. The van der Waals surface area contributed by atoms with Gasteiger partial charge >= 0.3 is 0 Å². The Morgan fingerprint density at radius 1 is 0.842 bits per heavy atom. The molecule has 0 aromatic heterocycles. The number of rotatable bonds is 15. The van der Waals surface area contributed by atoms with E-state index in [1.54, 1.807) is 0 Å². The van der Waals surface area contributed by atoms with Crippen LogP contribution < -0.4 is 4.74 Å². The molecule has 2 aromatic carbocycles. The second kappa shape index (κ2) is 15.3. The first kappa shape index (κ1) is 31.9. The van der Waals surface area contributed by atoms with Gasteiger partial charge in [0.25, 0.3) is 0 Å². The summed E-state index contributed by atoms with van der Waals surface area (Å²) in [6.07, 6.45) is 6.90. The van der Waals surface area contributed by atoms with E-state index in [1.165, 1.54) is 11.1 Å². The van der Waals surface area contributed by atoms with Crippen LogP contribution in [0.25, 0.3) is 0 Å². The van der Waals surface area contributed by atoms with E-state index in [0.29, 0.717) is 19.4 Å². The summed E-state index contributed by atoms with van der Waals surface area (Å²) in [6, 6.07) is 13.1. The number of benzene rings is 2. The van der Waals surface area contributed by atoms with Crippen molar-refractivity contribution in [2.24, 2.45) is 0 Å². The van der Waals surface area contributed by atoms with E-state index in [1.807, 2.05) is 0 Å². The summed E-state index contributed by atoms with van der Waals surface area (Å²) in [6.45, 7) is 15.1. The Kier molecular flexibility index (Phi) is 12.9. The zero-order chi connectivity index (χ0) is 28.2. The van der Waals surface area contributed by atoms with E-state index in [-0.39, 0.29) is 18.3 Å². The quantitative estimate of drug-likeness (QED) is 0.187. The second-order valence-electron chi connectivity index (χ2n) is 10.6. The first-order valence-electron chi connectivity index (χ1n) is 14.5. The maximum atomic E-state index is 10.9. The zero-order valence-electron chi connectivity index (χ0n) is 24.8. The summed E-state index contributed by atoms with van der Waals surface area (Å²) in [4.78, 5) is 0. The number of aliphatic hydroxyl groups is 2. The molecule has 0 aliphatic heterocycles. The molecule has 38 heavy (non-hydrogen) atoms. The van der Waals surface area contributed by atoms with Crippen LogP contribution in [0.5, 0.6) is 5.75 Å². The monoisotopic (exact) mass is 522 g/mol. The van der Waals surface area contributed by atoms with Gasteiger partial charge in [0.2, 0.25) is 0 Å². The molecular weight excluding hydrogens is 472 g/mol. The van der Waals surface area contributed by atoms with Gasteiger partial charge in [-0.25, -0.2) is 0 Å². The van der Waals surface area contributed by atoms with Gasteiger partial charge in [-0.3, -0.25) is 0 Å². The van der Waals surface area contributed by atoms with Gasteiger partial charge in [0.05, 0.1) is 6.10 Å². The van der Waals surface area contributed by atoms with Crippen molar-refractivity contribution >= 4 is 0 Å². The molecule has 0 fully saturated rings. The average Bonchev–Trinajstić information content (AvgIpc) is 2.89. The van der Waals surface area contributed by atoms with Gasteiger partial charge in [0, 0.05) is 11.0 Å². The molecule has 0 unspecified atom stereocenters. The zero-order valence-corrected chi connectivity index (χ0v) is 24.8. The minimum absolute atomic E-state index is 0.112. The highest BCUT2D eigenvalue weighted by Crippen LogP contribution is 2.41. The molecule has 0 bridgehead atoms. The fourth-order valence-electron chi connectivity index (χ4n) is 5.53. The van der Waals surface area contributed by atoms with Crippen molar-refractivity contribution in [3.63, 3.8) is 0 Å². The van der Waals surface area contributed by atoms with Crippen LogP contribution >= 0.6 is 0 Å². The van der Waals surface area contributed by atoms with Gasteiger partial charge in [0.15, 0.2) is 0 Å². The fraction of sp³-hybridized carbons (Fsp3) is 0.588. The van der Waals surface area contributed by atoms with Crippen LogP contribution in [-0.4, -0.2) is 35.3 Å². The van der Waals surface area contributed by atoms with Crippen molar-refractivity contribution in [2.75, 3.05) is 13.4 Å². The van der Waals surface area contributed by atoms with Crippen LogP contribution in [0.3, 0.4) is 0 Å². The third-order valence-electron chi connectivity index (χ3n) is 7.82. The summed E-state index contributed by atoms with van der Waals surface area (Å²) in [5, 5.41) is 20.1. The Bertz CT molecular complexity index is 1050. The van der Waals surface area contributed by atoms with Crippen LogP contribution in [-0.2, 0) is 10.2 Å². The van der Waals surface area contributed by atoms with Crippen LogP contribution in [0.1, 0.15) is 114 Å². The Morgan fingerprint density at radius 3 is 1.95 bits per heavy atom. The molecule has 4 heteroatoms. The number of aliphatic hydroxyl groups excluding tert-OH is 1. The average molecular weight is 523 g/mol. The largest absolute Gasteiger partial charge is 0.491 e. The normalized spacial score (nSPS) is 12.7. The molecule has 0 aliphatic rings. The molecule has 1 atom stereocenters. The molecule has 2 aromatic rings. The first-order chi connectivity index (χ1) is 18.2. The van der Waals surface area contributed by atoms with Crippen molar-refractivity contribution < 1.29 is 19.7 Å². The maximum Gasteiger partial charge on any atom is 0.144 e. The molecule has 0 amide bonds. The van der Waals surface area contributed by atoms with E-state index < -0.39 is 5.60 Å². The third kappa shape index (κ3) is 8.09. The Hall–Kier alpha value is -2.32. The predicted molar refractivity (Wildman–Crippen MR) is 158 cm³/mol. The predicted octanol–water partition coefficient (Wildman–Crippen LogP) is 7.61. The Balaban J connectivity index is 2.36. The molecular formula is C34H50O4. The molecule has 0 saturated carbocycles. The smallest absolute Gasteiger partial charge is 0.144 e. The SMILES string of the molecule is CCC[C@@H](COc1ccc(C(CC)(CC)c2ccc(C#CC(O)(CCC)CCC)c(C)c2)cc1C)OCO. The summed E-state index contributed by atoms with van der Waals surface area (Å²) >= 11 is 0. The van der Waals surface area contributed by atoms with Crippen molar-refractivity contribution in [3.05, 3.63) is 64.2 Å². The van der Waals surface area contributed by atoms with E-state index in [0.717, 1.165) is 61.0 Å². The number of hydrogen-bond donors (Lipinski definition) is 2. The molecule has 4 nitrogen and oxygen atoms in total. The first-order valence-corrected chi connectivity index (χ1v) is 14.5. The Morgan fingerprint density at radius 2 is 1.45 bits per heavy atom. The third-order valence-corrected chi connectivity index (χ3v) is 7.82. The van der Waals surface area contributed by atoms with E-state index >= 15 is 0 Å². The fourth-order valence-corrected chi connectivity index (χ4v) is 5.53. The highest BCUT2D eigenvalue weighted by molar-refractivity contribution is 5.50. The van der Waals surface area contributed by atoms with E-state index in [9.17, 15) is 5.11 Å². The highest BCUT2D eigenvalue weighted by Gasteiger charge is 2.31. The van der Waals surface area contributed by atoms with E-state index in [2.05, 4.69) is 96.7 Å². The van der Waals surface area contributed by atoms with Gasteiger partial charge in [-0.05, 0) is 80.3 Å². The van der Waals surface area contributed by atoms with Gasteiger partial charge < -0.3 is 19.7 Å². The van der Waals surface area contributed by atoms with Crippen LogP contribution in [0.4, 0.5) is 0 Å². The lowest BCUT2D eigenvalue weighted by Crippen LogP contribution is -2.27. The van der Waals surface area contributed by atoms with Crippen molar-refractivity contribution in [3.8, 4) is 17.6 Å². The molecule has 210 valence electrons. The topological polar surface area (TPSA) is 58.9 Å². The van der Waals surface area contributed by atoms with Gasteiger partial charge in [-0.15, -0.1) is 0 Å². The summed E-state index contributed by atoms with van der Waals surface area (Å²) in [5.41, 5.74) is 4.76. The van der Waals surface area contributed by atoms with Crippen molar-refractivity contribution in [1.82, 2.24) is 0 Å². The lowest BCUT2D eigenvalue weighted by Gasteiger charge is -2.34. The molecule has 2 rings (SSSR count). The van der Waals surface area contributed by atoms with Crippen molar-refractivity contribution in [1.29, 1.82) is 0 Å². The molecule has 0 heterocycles. The van der Waals surface area contributed by atoms with Gasteiger partial charge in [-0.2, -0.15) is 0 Å². The highest BCUT2D eigenvalue weighted by atomic mass is 16.6. The molecule has 0 spiro atoms. The minimum atomic E-state index is -0.909. The van der Waals surface area contributed by atoms with Gasteiger partial charge in [0.1, 0.15) is 24.8 Å². The molecule has 0 radical (unpaired) electrons. The van der Waals surface area contributed by atoms with Gasteiger partial charge in [-0.1, -0.05) is 90.0 Å². The Labute approximate surface area is 231 Å². The standard InChI is InChI=1S/C34H50O4/c1-8-13-31(38-25-35)24-37-32-17-16-30(23-27(32)7)34(11-4,12-5)29-15-14-28(26(6)22-29)18-21-33(36,19-9-2)20-10-3/h14-17,22-23,31,35-36H,8-13,19-20,24-25H2,1-7H3/t31-/m0/s1. The summed E-state index contributed by atoms with van der Waals surface area (Å²) in [5.74, 6) is 7.34. The molecule has 0 aliphatic carbocycles. The van der Waals surface area contributed by atoms with Crippen molar-refractivity contribution in [2.45, 2.75) is 117 Å². The number of hydrogen-bond acceptors (Lipinski definition) is 4. The van der Waals surface area contributed by atoms with E-state index in [4.69, 9.17) is 14.6 Å².